The Bertz CT molecular complexity index is 699. The highest BCUT2D eigenvalue weighted by molar-refractivity contribution is 5.79. The molecule has 0 saturated carbocycles. The molecule has 1 atom stereocenters. The largest absolute Gasteiger partial charge is 0.357 e. The summed E-state index contributed by atoms with van der Waals surface area (Å²) in [7, 11) is 3.58. The summed E-state index contributed by atoms with van der Waals surface area (Å²) < 4.78 is 28.3. The summed E-state index contributed by atoms with van der Waals surface area (Å²) in [4.78, 5) is 10.5. The zero-order valence-corrected chi connectivity index (χ0v) is 15.3. The Balaban J connectivity index is 2.12. The Labute approximate surface area is 153 Å². The minimum absolute atomic E-state index is 0.0468. The van der Waals surface area contributed by atoms with Gasteiger partial charge in [0.1, 0.15) is 11.6 Å². The maximum Gasteiger partial charge on any atom is 0.191 e. The Morgan fingerprint density at radius 3 is 2.42 bits per heavy atom. The van der Waals surface area contributed by atoms with Gasteiger partial charge < -0.3 is 15.5 Å². The van der Waals surface area contributed by atoms with Gasteiger partial charge in [-0.2, -0.15) is 0 Å². The molecule has 2 aromatic rings. The van der Waals surface area contributed by atoms with Crippen LogP contribution in [0.5, 0.6) is 0 Å². The van der Waals surface area contributed by atoms with Gasteiger partial charge in [0.25, 0.3) is 0 Å². The first-order valence-corrected chi connectivity index (χ1v) is 8.55. The van der Waals surface area contributed by atoms with Crippen LogP contribution < -0.4 is 10.6 Å². The second-order valence-corrected chi connectivity index (χ2v) is 6.01. The predicted octanol–water partition coefficient (Wildman–Crippen LogP) is 2.72. The molecule has 5 nitrogen and oxygen atoms in total. The zero-order valence-electron chi connectivity index (χ0n) is 15.3. The standard InChI is InChI=1S/C19H25F2N5/c1-4-22-19(24-12-14-8-5-6-11-23-14)25-13-17(26(2)3)18-15(20)9-7-10-16(18)21/h5-11,17H,4,12-13H2,1-3H3,(H2,22,24,25). The quantitative estimate of drug-likeness (QED) is 0.588. The Kier molecular flexibility index (Phi) is 7.47. The lowest BCUT2D eigenvalue weighted by Crippen LogP contribution is -2.42. The van der Waals surface area contributed by atoms with Crippen LogP contribution in [0.2, 0.25) is 0 Å². The second kappa shape index (κ2) is 9.82. The van der Waals surface area contributed by atoms with E-state index in [-0.39, 0.29) is 5.56 Å². The van der Waals surface area contributed by atoms with Crippen LogP contribution in [-0.2, 0) is 6.54 Å². The maximum absolute atomic E-state index is 14.2. The van der Waals surface area contributed by atoms with Crippen molar-refractivity contribution in [3.05, 3.63) is 65.5 Å². The molecule has 0 aliphatic heterocycles. The molecule has 0 aliphatic carbocycles. The number of guanidine groups is 1. The molecule has 0 bridgehead atoms. The minimum Gasteiger partial charge on any atom is -0.357 e. The number of nitrogens with zero attached hydrogens (tertiary/aromatic N) is 3. The van der Waals surface area contributed by atoms with Crippen molar-refractivity contribution in [1.29, 1.82) is 0 Å². The van der Waals surface area contributed by atoms with Crippen molar-refractivity contribution in [3.8, 4) is 0 Å². The minimum atomic E-state index is -0.555. The van der Waals surface area contributed by atoms with Gasteiger partial charge in [0.2, 0.25) is 0 Å². The summed E-state index contributed by atoms with van der Waals surface area (Å²) in [5, 5.41) is 6.29. The van der Waals surface area contributed by atoms with Gasteiger partial charge in [-0.1, -0.05) is 12.1 Å². The predicted molar refractivity (Wildman–Crippen MR) is 99.8 cm³/mol. The number of halogens is 2. The van der Waals surface area contributed by atoms with E-state index in [2.05, 4.69) is 20.6 Å². The van der Waals surface area contributed by atoms with Gasteiger partial charge >= 0.3 is 0 Å². The molecule has 0 radical (unpaired) electrons. The molecule has 0 spiro atoms. The van der Waals surface area contributed by atoms with Crippen LogP contribution in [0.1, 0.15) is 24.2 Å². The molecular weight excluding hydrogens is 336 g/mol. The van der Waals surface area contributed by atoms with Gasteiger partial charge in [-0.15, -0.1) is 0 Å². The zero-order chi connectivity index (χ0) is 18.9. The van der Waals surface area contributed by atoms with E-state index in [1.54, 1.807) is 25.2 Å². The maximum atomic E-state index is 14.2. The number of rotatable bonds is 7. The summed E-state index contributed by atoms with van der Waals surface area (Å²) in [5.41, 5.74) is 0.889. The number of aliphatic imine (C=N–C) groups is 1. The third kappa shape index (κ3) is 5.49. The lowest BCUT2D eigenvalue weighted by molar-refractivity contribution is 0.282. The normalized spacial score (nSPS) is 12.9. The molecule has 1 unspecified atom stereocenters. The average Bonchev–Trinajstić information content (AvgIpc) is 2.62. The summed E-state index contributed by atoms with van der Waals surface area (Å²) in [6, 6.07) is 9.08. The van der Waals surface area contributed by atoms with Crippen molar-refractivity contribution >= 4 is 5.96 Å². The van der Waals surface area contributed by atoms with Crippen molar-refractivity contribution in [2.75, 3.05) is 27.2 Å². The number of benzene rings is 1. The van der Waals surface area contributed by atoms with Gasteiger partial charge in [-0.3, -0.25) is 4.98 Å². The molecule has 26 heavy (non-hydrogen) atoms. The second-order valence-electron chi connectivity index (χ2n) is 6.01. The number of aromatic nitrogens is 1. The van der Waals surface area contributed by atoms with Gasteiger partial charge in [-0.05, 0) is 45.3 Å². The van der Waals surface area contributed by atoms with Crippen LogP contribution in [-0.4, -0.2) is 43.0 Å². The van der Waals surface area contributed by atoms with Crippen LogP contribution in [0.15, 0.2) is 47.6 Å². The van der Waals surface area contributed by atoms with Crippen molar-refractivity contribution in [2.45, 2.75) is 19.5 Å². The molecule has 0 saturated heterocycles. The van der Waals surface area contributed by atoms with Gasteiger partial charge in [0.05, 0.1) is 18.3 Å². The van der Waals surface area contributed by atoms with Crippen molar-refractivity contribution in [1.82, 2.24) is 20.5 Å². The molecule has 1 heterocycles. The third-order valence-electron chi connectivity index (χ3n) is 3.89. The average molecular weight is 361 g/mol. The fourth-order valence-electron chi connectivity index (χ4n) is 2.56. The van der Waals surface area contributed by atoms with Crippen LogP contribution in [0, 0.1) is 11.6 Å². The van der Waals surface area contributed by atoms with Gasteiger partial charge in [0, 0.05) is 24.8 Å². The van der Waals surface area contributed by atoms with E-state index in [0.29, 0.717) is 25.6 Å². The monoisotopic (exact) mass is 361 g/mol. The molecule has 1 aromatic carbocycles. The van der Waals surface area contributed by atoms with Gasteiger partial charge in [0.15, 0.2) is 5.96 Å². The first-order chi connectivity index (χ1) is 12.5. The lowest BCUT2D eigenvalue weighted by Gasteiger charge is -2.26. The lowest BCUT2D eigenvalue weighted by atomic mass is 10.0. The van der Waals surface area contributed by atoms with E-state index < -0.39 is 17.7 Å². The molecule has 2 rings (SSSR count). The summed E-state index contributed by atoms with van der Waals surface area (Å²) in [5.74, 6) is -0.538. The van der Waals surface area contributed by atoms with E-state index in [4.69, 9.17) is 0 Å². The number of hydrogen-bond acceptors (Lipinski definition) is 3. The highest BCUT2D eigenvalue weighted by atomic mass is 19.1. The molecule has 0 fully saturated rings. The number of likely N-dealkylation sites (N-methyl/N-ethyl adjacent to an activating group) is 1. The van der Waals surface area contributed by atoms with E-state index in [1.165, 1.54) is 18.2 Å². The van der Waals surface area contributed by atoms with E-state index in [1.807, 2.05) is 25.1 Å². The van der Waals surface area contributed by atoms with E-state index >= 15 is 0 Å². The topological polar surface area (TPSA) is 52.6 Å². The highest BCUT2D eigenvalue weighted by Crippen LogP contribution is 2.23. The van der Waals surface area contributed by atoms with Gasteiger partial charge in [-0.25, -0.2) is 13.8 Å². The van der Waals surface area contributed by atoms with E-state index in [0.717, 1.165) is 5.69 Å². The highest BCUT2D eigenvalue weighted by Gasteiger charge is 2.22. The molecular formula is C19H25F2N5. The van der Waals surface area contributed by atoms with Crippen molar-refractivity contribution < 1.29 is 8.78 Å². The number of hydrogen-bond donors (Lipinski definition) is 2. The number of pyridine rings is 1. The molecule has 0 amide bonds. The fourth-order valence-corrected chi connectivity index (χ4v) is 2.56. The smallest absolute Gasteiger partial charge is 0.191 e. The van der Waals surface area contributed by atoms with Crippen molar-refractivity contribution in [2.24, 2.45) is 4.99 Å². The third-order valence-corrected chi connectivity index (χ3v) is 3.89. The van der Waals surface area contributed by atoms with Crippen LogP contribution in [0.4, 0.5) is 8.78 Å². The Hall–Kier alpha value is -2.54. The summed E-state index contributed by atoms with van der Waals surface area (Å²) >= 11 is 0. The summed E-state index contributed by atoms with van der Waals surface area (Å²) in [6.45, 7) is 3.35. The summed E-state index contributed by atoms with van der Waals surface area (Å²) in [6.07, 6.45) is 1.72. The molecule has 0 aliphatic rings. The molecule has 140 valence electrons. The Morgan fingerprint density at radius 1 is 1.12 bits per heavy atom. The van der Waals surface area contributed by atoms with Crippen molar-refractivity contribution in [3.63, 3.8) is 0 Å². The first kappa shape index (κ1) is 19.8. The molecule has 7 heteroatoms. The first-order valence-electron chi connectivity index (χ1n) is 8.55. The van der Waals surface area contributed by atoms with Crippen LogP contribution in [0.3, 0.4) is 0 Å². The number of nitrogens with one attached hydrogen (secondary N) is 2. The Morgan fingerprint density at radius 2 is 1.85 bits per heavy atom. The van der Waals surface area contributed by atoms with Crippen LogP contribution in [0.25, 0.3) is 0 Å². The van der Waals surface area contributed by atoms with E-state index in [9.17, 15) is 8.78 Å². The fraction of sp³-hybridized carbons (Fsp3) is 0.368. The SMILES string of the molecule is CCNC(=NCc1ccccn1)NCC(c1c(F)cccc1F)N(C)C. The molecule has 2 N–H and O–H groups in total. The van der Waals surface area contributed by atoms with Crippen LogP contribution >= 0.6 is 0 Å². The molecule has 1 aromatic heterocycles.